The van der Waals surface area contributed by atoms with E-state index in [1.165, 1.54) is 18.2 Å². The highest BCUT2D eigenvalue weighted by Gasteiger charge is 2.13. The maximum atomic E-state index is 13.6. The Morgan fingerprint density at radius 2 is 2.00 bits per heavy atom. The molecule has 1 aromatic rings. The van der Waals surface area contributed by atoms with Crippen LogP contribution in [0.5, 0.6) is 0 Å². The zero-order valence-corrected chi connectivity index (χ0v) is 9.65. The first kappa shape index (κ1) is 11.9. The Bertz CT molecular complexity index is 431. The maximum absolute atomic E-state index is 13.6. The number of hydrogen-bond acceptors (Lipinski definition) is 1. The first-order valence-electron chi connectivity index (χ1n) is 4.57. The molecule has 0 aliphatic carbocycles. The second-order valence-corrected chi connectivity index (χ2v) is 4.03. The number of rotatable bonds is 2. The van der Waals surface area contributed by atoms with Crippen molar-refractivity contribution >= 4 is 17.4 Å². The van der Waals surface area contributed by atoms with Crippen LogP contribution in [0.4, 0.5) is 4.39 Å². The van der Waals surface area contributed by atoms with Crippen molar-refractivity contribution in [2.75, 3.05) is 0 Å². The van der Waals surface area contributed by atoms with E-state index in [1.807, 2.05) is 0 Å². The molecule has 0 spiro atoms. The molecule has 1 nitrogen and oxygen atoms in total. The molecular weight excluding hydrogens is 215 g/mol. The van der Waals surface area contributed by atoms with E-state index in [1.54, 1.807) is 20.8 Å². The molecule has 0 atom stereocenters. The summed E-state index contributed by atoms with van der Waals surface area (Å²) in [4.78, 5) is 11.6. The van der Waals surface area contributed by atoms with Gasteiger partial charge in [-0.2, -0.15) is 0 Å². The predicted octanol–water partition coefficient (Wildman–Crippen LogP) is 3.94. The number of carbonyl (C=O) groups excluding carboxylic acids is 1. The van der Waals surface area contributed by atoms with E-state index < -0.39 is 5.82 Å². The summed E-state index contributed by atoms with van der Waals surface area (Å²) in [5.74, 6) is -0.864. The van der Waals surface area contributed by atoms with Crippen molar-refractivity contribution in [3.63, 3.8) is 0 Å². The number of halogens is 2. The topological polar surface area (TPSA) is 17.1 Å². The van der Waals surface area contributed by atoms with Gasteiger partial charge in [-0.15, -0.1) is 0 Å². The second kappa shape index (κ2) is 4.58. The van der Waals surface area contributed by atoms with E-state index in [2.05, 4.69) is 0 Å². The lowest BCUT2D eigenvalue weighted by atomic mass is 10.1. The average Bonchev–Trinajstić information content (AvgIpc) is 2.13. The first-order valence-corrected chi connectivity index (χ1v) is 4.95. The molecule has 0 aliphatic rings. The third kappa shape index (κ3) is 2.66. The van der Waals surface area contributed by atoms with Crippen LogP contribution in [0.3, 0.4) is 0 Å². The summed E-state index contributed by atoms with van der Waals surface area (Å²) in [5, 5.41) is 0.334. The highest BCUT2D eigenvalue weighted by Crippen LogP contribution is 2.21. The van der Waals surface area contributed by atoms with Crippen LogP contribution in [0.1, 0.15) is 29.8 Å². The molecular formula is C12H12ClFO. The maximum Gasteiger partial charge on any atom is 0.188 e. The molecule has 0 aromatic heterocycles. The van der Waals surface area contributed by atoms with Crippen LogP contribution in [0.25, 0.3) is 0 Å². The fourth-order valence-corrected chi connectivity index (χ4v) is 1.34. The Labute approximate surface area is 93.6 Å². The van der Waals surface area contributed by atoms with Crippen LogP contribution < -0.4 is 0 Å². The van der Waals surface area contributed by atoms with Gasteiger partial charge >= 0.3 is 0 Å². The van der Waals surface area contributed by atoms with Crippen LogP contribution in [0, 0.1) is 12.7 Å². The molecule has 0 heterocycles. The molecule has 0 N–H and O–H groups in total. The minimum atomic E-state index is -0.537. The van der Waals surface area contributed by atoms with E-state index in [0.717, 1.165) is 5.57 Å². The molecule has 0 fully saturated rings. The second-order valence-electron chi connectivity index (χ2n) is 3.62. The number of allylic oxidation sites excluding steroid dienone is 2. The van der Waals surface area contributed by atoms with Gasteiger partial charge in [-0.1, -0.05) is 17.2 Å². The van der Waals surface area contributed by atoms with Gasteiger partial charge in [0.2, 0.25) is 0 Å². The van der Waals surface area contributed by atoms with Crippen LogP contribution >= 0.6 is 11.6 Å². The molecule has 3 heteroatoms. The van der Waals surface area contributed by atoms with Gasteiger partial charge < -0.3 is 0 Å². The Hall–Kier alpha value is -1.15. The van der Waals surface area contributed by atoms with Crippen LogP contribution in [-0.4, -0.2) is 5.78 Å². The molecule has 15 heavy (non-hydrogen) atoms. The molecule has 80 valence electrons. The number of hydrogen-bond donors (Lipinski definition) is 0. The van der Waals surface area contributed by atoms with Crippen molar-refractivity contribution in [1.82, 2.24) is 0 Å². The molecule has 1 aromatic carbocycles. The summed E-state index contributed by atoms with van der Waals surface area (Å²) in [6.45, 7) is 5.13. The Balaban J connectivity index is 3.23. The molecule has 0 saturated heterocycles. The van der Waals surface area contributed by atoms with Gasteiger partial charge in [0.05, 0.1) is 5.56 Å². The minimum absolute atomic E-state index is 0.0677. The van der Waals surface area contributed by atoms with Crippen LogP contribution in [-0.2, 0) is 0 Å². The molecule has 0 radical (unpaired) electrons. The summed E-state index contributed by atoms with van der Waals surface area (Å²) >= 11 is 5.73. The van der Waals surface area contributed by atoms with Crippen molar-refractivity contribution in [3.8, 4) is 0 Å². The highest BCUT2D eigenvalue weighted by molar-refractivity contribution is 6.31. The van der Waals surface area contributed by atoms with Crippen molar-refractivity contribution < 1.29 is 9.18 Å². The van der Waals surface area contributed by atoms with Crippen molar-refractivity contribution in [2.45, 2.75) is 20.8 Å². The van der Waals surface area contributed by atoms with E-state index in [4.69, 9.17) is 11.6 Å². The van der Waals surface area contributed by atoms with Gasteiger partial charge in [0.15, 0.2) is 5.78 Å². The lowest BCUT2D eigenvalue weighted by molar-refractivity contribution is 0.104. The fourth-order valence-electron chi connectivity index (χ4n) is 1.19. The molecule has 0 aliphatic heterocycles. The molecule has 1 rings (SSSR count). The van der Waals surface area contributed by atoms with Gasteiger partial charge in [0.1, 0.15) is 5.82 Å². The summed E-state index contributed by atoms with van der Waals surface area (Å²) in [6.07, 6.45) is 1.41. The van der Waals surface area contributed by atoms with E-state index >= 15 is 0 Å². The Kier molecular flexibility index (Phi) is 3.64. The van der Waals surface area contributed by atoms with Crippen molar-refractivity contribution in [3.05, 3.63) is 45.7 Å². The van der Waals surface area contributed by atoms with E-state index in [0.29, 0.717) is 10.6 Å². The minimum Gasteiger partial charge on any atom is -0.289 e. The number of benzene rings is 1. The van der Waals surface area contributed by atoms with Gasteiger partial charge in [-0.3, -0.25) is 4.79 Å². The van der Waals surface area contributed by atoms with Crippen LogP contribution in [0.15, 0.2) is 23.8 Å². The summed E-state index contributed by atoms with van der Waals surface area (Å²) < 4.78 is 13.6. The van der Waals surface area contributed by atoms with Gasteiger partial charge in [-0.25, -0.2) is 4.39 Å². The largest absolute Gasteiger partial charge is 0.289 e. The van der Waals surface area contributed by atoms with Gasteiger partial charge in [0.25, 0.3) is 0 Å². The molecule has 0 amide bonds. The van der Waals surface area contributed by atoms with Crippen molar-refractivity contribution in [1.29, 1.82) is 0 Å². The number of ketones is 1. The third-order valence-corrected chi connectivity index (χ3v) is 2.41. The zero-order valence-electron chi connectivity index (χ0n) is 8.90. The Morgan fingerprint density at radius 3 is 2.53 bits per heavy atom. The molecule has 0 bridgehead atoms. The number of carbonyl (C=O) groups is 1. The SMILES string of the molecule is CC(C)=CC(=O)c1ccc(Cl)c(C)c1F. The summed E-state index contributed by atoms with van der Waals surface area (Å²) in [7, 11) is 0. The summed E-state index contributed by atoms with van der Waals surface area (Å²) in [6, 6.07) is 2.94. The van der Waals surface area contributed by atoms with Gasteiger partial charge in [-0.05, 0) is 39.0 Å². The lowest BCUT2D eigenvalue weighted by Crippen LogP contribution is -2.01. The van der Waals surface area contributed by atoms with Gasteiger partial charge in [0, 0.05) is 10.6 Å². The zero-order chi connectivity index (χ0) is 11.6. The smallest absolute Gasteiger partial charge is 0.188 e. The van der Waals surface area contributed by atoms with E-state index in [9.17, 15) is 9.18 Å². The summed E-state index contributed by atoms with van der Waals surface area (Å²) in [5.41, 5.74) is 1.22. The highest BCUT2D eigenvalue weighted by atomic mass is 35.5. The molecule has 0 unspecified atom stereocenters. The quantitative estimate of drug-likeness (QED) is 0.552. The average molecular weight is 227 g/mol. The standard InChI is InChI=1S/C12H12ClFO/c1-7(2)6-11(15)9-4-5-10(13)8(3)12(9)14/h4-6H,1-3H3. The fraction of sp³-hybridized carbons (Fsp3) is 0.250. The normalized spacial score (nSPS) is 9.93. The molecule has 0 saturated carbocycles. The lowest BCUT2D eigenvalue weighted by Gasteiger charge is -2.04. The first-order chi connectivity index (χ1) is 6.93. The van der Waals surface area contributed by atoms with Crippen LogP contribution in [0.2, 0.25) is 5.02 Å². The monoisotopic (exact) mass is 226 g/mol. The van der Waals surface area contributed by atoms with Crippen molar-refractivity contribution in [2.24, 2.45) is 0 Å². The Morgan fingerprint density at radius 1 is 1.40 bits per heavy atom. The third-order valence-electron chi connectivity index (χ3n) is 2.01. The predicted molar refractivity (Wildman–Crippen MR) is 59.9 cm³/mol. The van der Waals surface area contributed by atoms with E-state index in [-0.39, 0.29) is 11.3 Å².